The van der Waals surface area contributed by atoms with Crippen molar-refractivity contribution in [2.75, 3.05) is 0 Å². The lowest BCUT2D eigenvalue weighted by atomic mass is 10.1. The van der Waals surface area contributed by atoms with Gasteiger partial charge >= 0.3 is 5.97 Å². The van der Waals surface area contributed by atoms with Gasteiger partial charge in [0.25, 0.3) is 0 Å². The van der Waals surface area contributed by atoms with E-state index >= 15 is 0 Å². The topological polar surface area (TPSA) is 63.3 Å². The van der Waals surface area contributed by atoms with Crippen LogP contribution in [0.25, 0.3) is 0 Å². The van der Waals surface area contributed by atoms with Crippen LogP contribution in [0.5, 0.6) is 0 Å². The monoisotopic (exact) mass is 229 g/mol. The molecule has 82 valence electrons. The molecule has 1 aromatic heterocycles. The maximum Gasteiger partial charge on any atom is 0.312 e. The summed E-state index contributed by atoms with van der Waals surface area (Å²) in [5.74, 6) is 0.248. The second-order valence-corrected chi connectivity index (χ2v) is 4.17. The molecule has 0 atom stereocenters. The smallest absolute Gasteiger partial charge is 0.312 e. The zero-order valence-corrected chi connectivity index (χ0v) is 8.96. The minimum atomic E-state index is -0.953. The molecule has 0 aromatic carbocycles. The summed E-state index contributed by atoms with van der Waals surface area (Å²) in [6, 6.07) is 0. The zero-order chi connectivity index (χ0) is 10.8. The van der Waals surface area contributed by atoms with Gasteiger partial charge in [-0.2, -0.15) is 0 Å². The molecule has 0 aliphatic heterocycles. The van der Waals surface area contributed by atoms with Gasteiger partial charge in [0.2, 0.25) is 5.89 Å². The summed E-state index contributed by atoms with van der Waals surface area (Å²) in [7, 11) is 0. The highest BCUT2D eigenvalue weighted by Gasteiger charge is 2.25. The van der Waals surface area contributed by atoms with Crippen molar-refractivity contribution in [2.45, 2.75) is 38.0 Å². The van der Waals surface area contributed by atoms with Crippen molar-refractivity contribution in [3.63, 3.8) is 0 Å². The number of aromatic nitrogens is 1. The van der Waals surface area contributed by atoms with E-state index in [1.807, 2.05) is 0 Å². The van der Waals surface area contributed by atoms with Crippen LogP contribution in [0.15, 0.2) is 4.42 Å². The molecule has 0 radical (unpaired) electrons. The van der Waals surface area contributed by atoms with E-state index in [4.69, 9.17) is 21.1 Å². The van der Waals surface area contributed by atoms with Gasteiger partial charge in [-0.15, -0.1) is 0 Å². The van der Waals surface area contributed by atoms with Crippen LogP contribution >= 0.6 is 11.6 Å². The Morgan fingerprint density at radius 2 is 2.20 bits per heavy atom. The number of carboxylic acids is 1. The molecule has 0 unspecified atom stereocenters. The second kappa shape index (κ2) is 4.23. The fourth-order valence-corrected chi connectivity index (χ4v) is 2.29. The Hall–Kier alpha value is -1.03. The molecule has 0 saturated heterocycles. The third-order valence-corrected chi connectivity index (χ3v) is 2.95. The molecule has 1 aliphatic carbocycles. The fourth-order valence-electron chi connectivity index (χ4n) is 2.00. The third-order valence-electron chi connectivity index (χ3n) is 2.68. The highest BCUT2D eigenvalue weighted by atomic mass is 35.5. The van der Waals surface area contributed by atoms with Crippen molar-refractivity contribution in [3.8, 4) is 0 Å². The molecule has 2 rings (SSSR count). The molecule has 4 nitrogen and oxygen atoms in total. The highest BCUT2D eigenvalue weighted by Crippen LogP contribution is 2.37. The van der Waals surface area contributed by atoms with E-state index in [1.54, 1.807) is 0 Å². The van der Waals surface area contributed by atoms with Crippen LogP contribution in [0.4, 0.5) is 0 Å². The number of carboxylic acid groups (broad SMARTS) is 1. The lowest BCUT2D eigenvalue weighted by Gasteiger charge is -2.03. The molecule has 1 heterocycles. The molecule has 1 N–H and O–H groups in total. The summed E-state index contributed by atoms with van der Waals surface area (Å²) >= 11 is 5.91. The summed E-state index contributed by atoms with van der Waals surface area (Å²) in [6.45, 7) is 0. The standard InChI is InChI=1S/C10H12ClNO3/c11-10-9(6-3-1-2-4-6)15-7(12-10)5-8(13)14/h6H,1-5H2,(H,13,14). The summed E-state index contributed by atoms with van der Waals surface area (Å²) in [5.41, 5.74) is 0. The first-order valence-electron chi connectivity index (χ1n) is 5.03. The number of hydrogen-bond acceptors (Lipinski definition) is 3. The first kappa shape index (κ1) is 10.5. The molecule has 0 bridgehead atoms. The molecule has 5 heteroatoms. The minimum absolute atomic E-state index is 0.202. The zero-order valence-electron chi connectivity index (χ0n) is 8.20. The van der Waals surface area contributed by atoms with Gasteiger partial charge in [0.1, 0.15) is 12.2 Å². The number of hydrogen-bond donors (Lipinski definition) is 1. The minimum Gasteiger partial charge on any atom is -0.481 e. The van der Waals surface area contributed by atoms with Gasteiger partial charge in [0, 0.05) is 5.92 Å². The maximum absolute atomic E-state index is 10.5. The van der Waals surface area contributed by atoms with E-state index in [0.717, 1.165) is 12.8 Å². The van der Waals surface area contributed by atoms with Crippen LogP contribution in [-0.2, 0) is 11.2 Å². The number of rotatable bonds is 3. The molecule has 0 amide bonds. The molecule has 1 saturated carbocycles. The average molecular weight is 230 g/mol. The third kappa shape index (κ3) is 2.31. The summed E-state index contributed by atoms with van der Waals surface area (Å²) in [5, 5.41) is 8.92. The number of oxazole rings is 1. The van der Waals surface area contributed by atoms with E-state index in [0.29, 0.717) is 16.8 Å². The molecular formula is C10H12ClNO3. The Bertz CT molecular complexity index is 369. The van der Waals surface area contributed by atoms with Crippen molar-refractivity contribution in [2.24, 2.45) is 0 Å². The van der Waals surface area contributed by atoms with Gasteiger partial charge in [-0.1, -0.05) is 24.4 Å². The van der Waals surface area contributed by atoms with Crippen LogP contribution < -0.4 is 0 Å². The van der Waals surface area contributed by atoms with Gasteiger partial charge in [-0.3, -0.25) is 4.79 Å². The van der Waals surface area contributed by atoms with E-state index in [9.17, 15) is 4.79 Å². The van der Waals surface area contributed by atoms with E-state index < -0.39 is 5.97 Å². The molecule has 1 aliphatic rings. The lowest BCUT2D eigenvalue weighted by molar-refractivity contribution is -0.136. The summed E-state index contributed by atoms with van der Waals surface area (Å²) in [4.78, 5) is 14.4. The van der Waals surface area contributed by atoms with Gasteiger partial charge < -0.3 is 9.52 Å². The number of aliphatic carboxylic acids is 1. The highest BCUT2D eigenvalue weighted by molar-refractivity contribution is 6.30. The molecule has 0 spiro atoms. The van der Waals surface area contributed by atoms with Crippen molar-refractivity contribution in [3.05, 3.63) is 16.8 Å². The molecule has 1 fully saturated rings. The van der Waals surface area contributed by atoms with Gasteiger partial charge in [0.15, 0.2) is 5.15 Å². The first-order chi connectivity index (χ1) is 7.16. The lowest BCUT2D eigenvalue weighted by Crippen LogP contribution is -1.99. The molecule has 1 aromatic rings. The quantitative estimate of drug-likeness (QED) is 0.865. The SMILES string of the molecule is O=C(O)Cc1nc(Cl)c(C2CCCC2)o1. The predicted octanol–water partition coefficient (Wildman–Crippen LogP) is 2.61. The number of nitrogens with zero attached hydrogens (tertiary/aromatic N) is 1. The van der Waals surface area contributed by atoms with Crippen LogP contribution in [-0.4, -0.2) is 16.1 Å². The number of carbonyl (C=O) groups is 1. The Labute approximate surface area is 92.3 Å². The van der Waals surface area contributed by atoms with Crippen LogP contribution in [0.1, 0.15) is 43.3 Å². The van der Waals surface area contributed by atoms with Crippen molar-refractivity contribution < 1.29 is 14.3 Å². The van der Waals surface area contributed by atoms with Gasteiger partial charge in [-0.05, 0) is 12.8 Å². The van der Waals surface area contributed by atoms with Crippen molar-refractivity contribution in [1.29, 1.82) is 0 Å². The van der Waals surface area contributed by atoms with Crippen molar-refractivity contribution >= 4 is 17.6 Å². The van der Waals surface area contributed by atoms with E-state index in [1.165, 1.54) is 12.8 Å². The van der Waals surface area contributed by atoms with E-state index in [-0.39, 0.29) is 12.3 Å². The average Bonchev–Trinajstić information content (AvgIpc) is 2.72. The Morgan fingerprint density at radius 1 is 1.53 bits per heavy atom. The maximum atomic E-state index is 10.5. The normalized spacial score (nSPS) is 17.1. The predicted molar refractivity (Wildman–Crippen MR) is 54.1 cm³/mol. The first-order valence-corrected chi connectivity index (χ1v) is 5.41. The fraction of sp³-hybridized carbons (Fsp3) is 0.600. The van der Waals surface area contributed by atoms with Crippen LogP contribution in [0, 0.1) is 0 Å². The summed E-state index contributed by atoms with van der Waals surface area (Å²) < 4.78 is 5.39. The second-order valence-electron chi connectivity index (χ2n) is 3.81. The molecule has 15 heavy (non-hydrogen) atoms. The molecular weight excluding hydrogens is 218 g/mol. The van der Waals surface area contributed by atoms with Crippen LogP contribution in [0.3, 0.4) is 0 Å². The van der Waals surface area contributed by atoms with Crippen molar-refractivity contribution in [1.82, 2.24) is 4.98 Å². The summed E-state index contributed by atoms with van der Waals surface area (Å²) in [6.07, 6.45) is 4.27. The van der Waals surface area contributed by atoms with Crippen LogP contribution in [0.2, 0.25) is 5.15 Å². The van der Waals surface area contributed by atoms with Gasteiger partial charge in [-0.25, -0.2) is 4.98 Å². The number of halogens is 1. The Kier molecular flexibility index (Phi) is 2.95. The van der Waals surface area contributed by atoms with E-state index in [2.05, 4.69) is 4.98 Å². The van der Waals surface area contributed by atoms with Gasteiger partial charge in [0.05, 0.1) is 0 Å². The Morgan fingerprint density at radius 3 is 2.80 bits per heavy atom. The largest absolute Gasteiger partial charge is 0.481 e. The Balaban J connectivity index is 2.17.